The van der Waals surface area contributed by atoms with Crippen molar-refractivity contribution < 1.29 is 28.2 Å². The Hall–Kier alpha value is -3.65. The summed E-state index contributed by atoms with van der Waals surface area (Å²) < 4.78 is 30.6. The Morgan fingerprint density at radius 1 is 1.31 bits per heavy atom. The van der Waals surface area contributed by atoms with Gasteiger partial charge in [-0.3, -0.25) is 0 Å². The third kappa shape index (κ3) is 5.95. The first-order valence-electron chi connectivity index (χ1n) is 10.1. The van der Waals surface area contributed by atoms with Crippen molar-refractivity contribution in [3.8, 4) is 17.7 Å². The van der Waals surface area contributed by atoms with Crippen LogP contribution in [0.1, 0.15) is 32.3 Å². The van der Waals surface area contributed by atoms with Gasteiger partial charge in [-0.15, -0.1) is 5.06 Å². The van der Waals surface area contributed by atoms with E-state index in [0.717, 1.165) is 6.07 Å². The molecule has 0 amide bonds. The molecule has 3 rings (SSSR count). The van der Waals surface area contributed by atoms with E-state index in [9.17, 15) is 9.18 Å². The van der Waals surface area contributed by atoms with Gasteiger partial charge in [-0.05, 0) is 32.0 Å². The molecule has 32 heavy (non-hydrogen) atoms. The number of hydroxylamine groups is 2. The number of aromatic nitrogens is 2. The molecule has 2 aromatic rings. The Morgan fingerprint density at radius 3 is 2.69 bits per heavy atom. The number of ether oxygens (including phenoxy) is 3. The van der Waals surface area contributed by atoms with Crippen molar-refractivity contribution in [1.82, 2.24) is 15.0 Å². The number of halogens is 1. The zero-order valence-electron chi connectivity index (χ0n) is 18.0. The van der Waals surface area contributed by atoms with E-state index in [2.05, 4.69) is 15.3 Å². The van der Waals surface area contributed by atoms with Crippen molar-refractivity contribution in [2.45, 2.75) is 38.9 Å². The first-order valence-corrected chi connectivity index (χ1v) is 10.1. The molecule has 1 aliphatic heterocycles. The molecule has 1 saturated heterocycles. The molecule has 0 radical (unpaired) electrons. The lowest BCUT2D eigenvalue weighted by molar-refractivity contribution is -0.151. The normalized spacial score (nSPS) is 14.5. The summed E-state index contributed by atoms with van der Waals surface area (Å²) >= 11 is 0. The maximum Gasteiger partial charge on any atom is 0.528 e. The van der Waals surface area contributed by atoms with Gasteiger partial charge in [-0.25, -0.2) is 14.2 Å². The van der Waals surface area contributed by atoms with Crippen molar-refractivity contribution in [3.05, 3.63) is 35.9 Å². The molecule has 10 nitrogen and oxygen atoms in total. The van der Waals surface area contributed by atoms with Crippen LogP contribution in [0.2, 0.25) is 0 Å². The summed E-state index contributed by atoms with van der Waals surface area (Å²) in [5.41, 5.74) is 0.338. The molecule has 0 spiro atoms. The maximum atomic E-state index is 14.3. The van der Waals surface area contributed by atoms with Gasteiger partial charge in [0.2, 0.25) is 5.75 Å². The van der Waals surface area contributed by atoms with Crippen molar-refractivity contribution in [2.75, 3.05) is 25.5 Å². The van der Waals surface area contributed by atoms with E-state index in [-0.39, 0.29) is 40.9 Å². The van der Waals surface area contributed by atoms with E-state index in [4.69, 9.17) is 24.3 Å². The lowest BCUT2D eigenvalue weighted by atomic mass is 10.1. The summed E-state index contributed by atoms with van der Waals surface area (Å²) in [4.78, 5) is 25.0. The molecule has 0 aliphatic carbocycles. The smallest absolute Gasteiger partial charge is 0.489 e. The van der Waals surface area contributed by atoms with E-state index in [1.165, 1.54) is 30.6 Å². The average molecular weight is 445 g/mol. The Labute approximate surface area is 184 Å². The third-order valence-electron chi connectivity index (χ3n) is 4.54. The Kier molecular flexibility index (Phi) is 7.62. The molecule has 1 fully saturated rings. The summed E-state index contributed by atoms with van der Waals surface area (Å²) in [5.74, 6) is 0.0435. The first kappa shape index (κ1) is 23.0. The number of hydrogen-bond acceptors (Lipinski definition) is 10. The number of anilines is 2. The zero-order chi connectivity index (χ0) is 23.1. The van der Waals surface area contributed by atoms with Gasteiger partial charge in [-0.1, -0.05) is 0 Å². The van der Waals surface area contributed by atoms with Crippen LogP contribution in [0, 0.1) is 17.1 Å². The number of methoxy groups -OCH3 is 1. The topological polar surface area (TPSA) is 119 Å². The highest BCUT2D eigenvalue weighted by Gasteiger charge is 2.26. The molecule has 170 valence electrons. The zero-order valence-corrected chi connectivity index (χ0v) is 18.0. The molecule has 11 heteroatoms. The molecule has 2 heterocycles. The van der Waals surface area contributed by atoms with Gasteiger partial charge in [0, 0.05) is 25.9 Å². The molecular weight excluding hydrogens is 421 g/mol. The highest BCUT2D eigenvalue weighted by atomic mass is 19.1. The SMILES string of the molecule is COc1c(Nc2ccc(C#N)cc2F)ncnc1OC1CCN(OC(=O)OC(C)C)CC1. The van der Waals surface area contributed by atoms with E-state index in [0.29, 0.717) is 25.9 Å². The fourth-order valence-electron chi connectivity index (χ4n) is 3.05. The molecule has 0 atom stereocenters. The summed E-state index contributed by atoms with van der Waals surface area (Å²) in [6, 6.07) is 5.94. The number of rotatable bonds is 7. The van der Waals surface area contributed by atoms with E-state index >= 15 is 0 Å². The van der Waals surface area contributed by atoms with Gasteiger partial charge in [0.15, 0.2) is 5.82 Å². The van der Waals surface area contributed by atoms with Crippen LogP contribution in [-0.4, -0.2) is 53.6 Å². The van der Waals surface area contributed by atoms with Gasteiger partial charge in [0.1, 0.15) is 18.2 Å². The van der Waals surface area contributed by atoms with E-state index < -0.39 is 12.0 Å². The van der Waals surface area contributed by atoms with Gasteiger partial charge < -0.3 is 24.4 Å². The second kappa shape index (κ2) is 10.6. The molecule has 0 saturated carbocycles. The second-order valence-electron chi connectivity index (χ2n) is 7.25. The number of nitrogens with one attached hydrogen (secondary N) is 1. The largest absolute Gasteiger partial charge is 0.528 e. The number of benzene rings is 1. The summed E-state index contributed by atoms with van der Waals surface area (Å²) in [5, 5.41) is 13.3. The molecular formula is C21H24FN5O5. The fraction of sp³-hybridized carbons (Fsp3) is 0.429. The lowest BCUT2D eigenvalue weighted by Crippen LogP contribution is -2.40. The first-order chi connectivity index (χ1) is 15.4. The fourth-order valence-corrected chi connectivity index (χ4v) is 3.05. The summed E-state index contributed by atoms with van der Waals surface area (Å²) in [6.45, 7) is 4.42. The number of carbonyl (C=O) groups excluding carboxylic acids is 1. The average Bonchev–Trinajstić information content (AvgIpc) is 2.76. The molecule has 0 bridgehead atoms. The molecule has 0 unspecified atom stereocenters. The molecule has 1 aliphatic rings. The highest BCUT2D eigenvalue weighted by Crippen LogP contribution is 2.35. The van der Waals surface area contributed by atoms with Crippen LogP contribution in [0.4, 0.5) is 20.7 Å². The van der Waals surface area contributed by atoms with Gasteiger partial charge in [-0.2, -0.15) is 10.2 Å². The van der Waals surface area contributed by atoms with E-state index in [1.807, 2.05) is 6.07 Å². The van der Waals surface area contributed by atoms with Crippen molar-refractivity contribution in [1.29, 1.82) is 5.26 Å². The Bertz CT molecular complexity index is 989. The Morgan fingerprint density at radius 2 is 2.06 bits per heavy atom. The van der Waals surface area contributed by atoms with Crippen molar-refractivity contribution in [2.24, 2.45) is 0 Å². The van der Waals surface area contributed by atoms with Crippen LogP contribution < -0.4 is 14.8 Å². The monoisotopic (exact) mass is 445 g/mol. The standard InChI is InChI=1S/C21H24FN5O5/c1-13(2)30-21(28)32-27-8-6-15(7-9-27)31-20-18(29-3)19(24-12-25-20)26-17-5-4-14(11-23)10-16(17)22/h4-5,10,12-13,15H,6-9H2,1-3H3,(H,24,25,26). The number of carbonyl (C=O) groups is 1. The van der Waals surface area contributed by atoms with Gasteiger partial charge in [0.25, 0.3) is 5.88 Å². The van der Waals surface area contributed by atoms with Gasteiger partial charge in [0.05, 0.1) is 30.5 Å². The number of nitriles is 1. The maximum absolute atomic E-state index is 14.3. The number of piperidine rings is 1. The minimum Gasteiger partial charge on any atom is -0.489 e. The van der Waals surface area contributed by atoms with Crippen LogP contribution in [0.5, 0.6) is 11.6 Å². The quantitative estimate of drug-likeness (QED) is 0.634. The van der Waals surface area contributed by atoms with Crippen LogP contribution in [0.25, 0.3) is 0 Å². The molecule has 1 aromatic carbocycles. The second-order valence-corrected chi connectivity index (χ2v) is 7.25. The predicted molar refractivity (Wildman–Crippen MR) is 111 cm³/mol. The van der Waals surface area contributed by atoms with E-state index in [1.54, 1.807) is 13.8 Å². The van der Waals surface area contributed by atoms with Crippen LogP contribution in [-0.2, 0) is 9.57 Å². The Balaban J connectivity index is 1.63. The predicted octanol–water partition coefficient (Wildman–Crippen LogP) is 3.56. The molecule has 1 N–H and O–H groups in total. The third-order valence-corrected chi connectivity index (χ3v) is 4.54. The summed E-state index contributed by atoms with van der Waals surface area (Å²) in [7, 11) is 1.43. The highest BCUT2D eigenvalue weighted by molar-refractivity contribution is 5.65. The van der Waals surface area contributed by atoms with Crippen molar-refractivity contribution >= 4 is 17.7 Å². The van der Waals surface area contributed by atoms with Gasteiger partial charge >= 0.3 is 6.16 Å². The summed E-state index contributed by atoms with van der Waals surface area (Å²) in [6.07, 6.45) is 1.25. The van der Waals surface area contributed by atoms with Crippen LogP contribution in [0.15, 0.2) is 24.5 Å². The lowest BCUT2D eigenvalue weighted by Gasteiger charge is -2.30. The minimum absolute atomic E-state index is 0.130. The van der Waals surface area contributed by atoms with Crippen LogP contribution >= 0.6 is 0 Å². The number of hydrogen-bond donors (Lipinski definition) is 1. The number of nitrogens with zero attached hydrogens (tertiary/aromatic N) is 4. The molecule has 1 aromatic heterocycles. The van der Waals surface area contributed by atoms with Crippen molar-refractivity contribution in [3.63, 3.8) is 0 Å². The van der Waals surface area contributed by atoms with Crippen LogP contribution in [0.3, 0.4) is 0 Å². The minimum atomic E-state index is -0.734.